The Morgan fingerprint density at radius 3 is 2.87 bits per heavy atom. The third-order valence-corrected chi connectivity index (χ3v) is 5.91. The molecule has 160 valence electrons. The van der Waals surface area contributed by atoms with E-state index in [1.54, 1.807) is 48.1 Å². The Labute approximate surface area is 185 Å². The van der Waals surface area contributed by atoms with E-state index in [1.807, 2.05) is 31.2 Å². The minimum Gasteiger partial charge on any atom is -0.496 e. The van der Waals surface area contributed by atoms with Crippen LogP contribution in [0.3, 0.4) is 0 Å². The minimum atomic E-state index is -0.493. The fraction of sp³-hybridized carbons (Fsp3) is 0.273. The van der Waals surface area contributed by atoms with Crippen LogP contribution in [0.5, 0.6) is 5.75 Å². The fourth-order valence-corrected chi connectivity index (χ4v) is 4.18. The lowest BCUT2D eigenvalue weighted by molar-refractivity contribution is -0.113. The quantitative estimate of drug-likeness (QED) is 0.538. The van der Waals surface area contributed by atoms with Gasteiger partial charge >= 0.3 is 0 Å². The number of methoxy groups -OCH3 is 1. The second kappa shape index (κ2) is 9.22. The summed E-state index contributed by atoms with van der Waals surface area (Å²) in [5.74, 6) is 1.96. The number of nitrogens with one attached hydrogen (secondary N) is 2. The van der Waals surface area contributed by atoms with E-state index in [0.717, 1.165) is 17.7 Å². The number of allylic oxidation sites excluding steroid dienone is 1. The van der Waals surface area contributed by atoms with Gasteiger partial charge in [0, 0.05) is 23.2 Å². The summed E-state index contributed by atoms with van der Waals surface area (Å²) in [4.78, 5) is 22.1. The number of para-hydroxylation sites is 1. The molecule has 0 saturated carbocycles. The summed E-state index contributed by atoms with van der Waals surface area (Å²) in [5, 5.41) is 11.6. The molecular weight excluding hydrogens is 412 g/mol. The van der Waals surface area contributed by atoms with Crippen LogP contribution in [0.15, 0.2) is 65.2 Å². The van der Waals surface area contributed by atoms with Crippen molar-refractivity contribution in [3.05, 3.63) is 65.6 Å². The van der Waals surface area contributed by atoms with Gasteiger partial charge in [-0.25, -0.2) is 4.68 Å². The highest BCUT2D eigenvalue weighted by Gasteiger charge is 2.36. The van der Waals surface area contributed by atoms with Crippen molar-refractivity contribution in [2.24, 2.45) is 0 Å². The summed E-state index contributed by atoms with van der Waals surface area (Å²) in [7, 11) is 1.62. The van der Waals surface area contributed by atoms with Crippen molar-refractivity contribution in [3.8, 4) is 5.75 Å². The van der Waals surface area contributed by atoms with Gasteiger partial charge in [-0.1, -0.05) is 36.9 Å². The molecule has 1 aromatic carbocycles. The van der Waals surface area contributed by atoms with E-state index in [-0.39, 0.29) is 5.91 Å². The lowest BCUT2D eigenvalue weighted by atomic mass is 9.94. The number of rotatable bonds is 7. The summed E-state index contributed by atoms with van der Waals surface area (Å²) < 4.78 is 7.38. The molecule has 31 heavy (non-hydrogen) atoms. The summed E-state index contributed by atoms with van der Waals surface area (Å²) >= 11 is 1.59. The largest absolute Gasteiger partial charge is 0.496 e. The lowest BCUT2D eigenvalue weighted by Crippen LogP contribution is -2.31. The molecule has 0 saturated heterocycles. The maximum absolute atomic E-state index is 13.4. The van der Waals surface area contributed by atoms with E-state index in [2.05, 4.69) is 27.5 Å². The highest BCUT2D eigenvalue weighted by molar-refractivity contribution is 7.99. The van der Waals surface area contributed by atoms with Crippen LogP contribution in [0.1, 0.15) is 31.9 Å². The first-order chi connectivity index (χ1) is 15.1. The minimum absolute atomic E-state index is 0.238. The van der Waals surface area contributed by atoms with Gasteiger partial charge in [-0.15, -0.1) is 5.10 Å². The van der Waals surface area contributed by atoms with Gasteiger partial charge in [0.1, 0.15) is 11.8 Å². The number of thioether (sulfide) groups is 1. The van der Waals surface area contributed by atoms with Crippen molar-refractivity contribution in [2.45, 2.75) is 31.5 Å². The number of fused-ring (bicyclic) bond motifs is 1. The van der Waals surface area contributed by atoms with Crippen LogP contribution in [0.25, 0.3) is 0 Å². The average Bonchev–Trinajstić information content (AvgIpc) is 3.19. The number of hydrogen-bond acceptors (Lipinski definition) is 7. The number of benzene rings is 1. The van der Waals surface area contributed by atoms with Gasteiger partial charge in [0.25, 0.3) is 5.91 Å². The Morgan fingerprint density at radius 2 is 2.13 bits per heavy atom. The molecule has 1 aliphatic heterocycles. The van der Waals surface area contributed by atoms with Crippen molar-refractivity contribution in [2.75, 3.05) is 23.5 Å². The van der Waals surface area contributed by atoms with Crippen molar-refractivity contribution < 1.29 is 9.53 Å². The average molecular weight is 437 g/mol. The molecule has 3 heterocycles. The molecule has 8 nitrogen and oxygen atoms in total. The zero-order valence-electron chi connectivity index (χ0n) is 17.6. The lowest BCUT2D eigenvalue weighted by Gasteiger charge is -2.29. The van der Waals surface area contributed by atoms with E-state index < -0.39 is 6.04 Å². The van der Waals surface area contributed by atoms with Gasteiger partial charge in [0.2, 0.25) is 11.1 Å². The fourth-order valence-electron chi connectivity index (χ4n) is 3.50. The van der Waals surface area contributed by atoms with Gasteiger partial charge in [-0.05, 0) is 31.5 Å². The van der Waals surface area contributed by atoms with Crippen LogP contribution in [-0.2, 0) is 4.79 Å². The SMILES string of the molecule is CCCSc1nc2n(n1)C(c1ccccc1OC)C(C(=O)Nc1cccnc1)=C(C)N2. The molecule has 1 amide bonds. The van der Waals surface area contributed by atoms with Crippen LogP contribution < -0.4 is 15.4 Å². The zero-order chi connectivity index (χ0) is 21.8. The summed E-state index contributed by atoms with van der Waals surface area (Å²) in [6.07, 6.45) is 4.30. The van der Waals surface area contributed by atoms with Crippen molar-refractivity contribution in [1.82, 2.24) is 19.7 Å². The summed E-state index contributed by atoms with van der Waals surface area (Å²) in [6, 6.07) is 10.7. The number of anilines is 2. The molecule has 1 atom stereocenters. The molecule has 0 radical (unpaired) electrons. The monoisotopic (exact) mass is 436 g/mol. The molecular formula is C22H24N6O2S. The second-order valence-corrected chi connectivity index (χ2v) is 8.08. The smallest absolute Gasteiger partial charge is 0.255 e. The van der Waals surface area contributed by atoms with Gasteiger partial charge < -0.3 is 15.4 Å². The third-order valence-electron chi connectivity index (χ3n) is 4.87. The van der Waals surface area contributed by atoms with Crippen LogP contribution in [-0.4, -0.2) is 38.5 Å². The van der Waals surface area contributed by atoms with Gasteiger partial charge in [-0.3, -0.25) is 9.78 Å². The molecule has 0 spiro atoms. The number of carbonyl (C=O) groups excluding carboxylic acids is 1. The summed E-state index contributed by atoms with van der Waals surface area (Å²) in [5.41, 5.74) is 2.71. The number of carbonyl (C=O) groups is 1. The first-order valence-corrected chi connectivity index (χ1v) is 11.0. The standard InChI is InChI=1S/C22H24N6O2S/c1-4-12-31-22-26-21-24-14(2)18(20(29)25-15-8-7-11-23-13-15)19(28(21)27-22)16-9-5-6-10-17(16)30-3/h5-11,13,19H,4,12H2,1-3H3,(H,25,29)(H,24,26,27). The van der Waals surface area contributed by atoms with Crippen molar-refractivity contribution >= 4 is 29.3 Å². The first-order valence-electron chi connectivity index (χ1n) is 10.0. The number of amides is 1. The Hall–Kier alpha value is -3.33. The third kappa shape index (κ3) is 4.27. The summed E-state index contributed by atoms with van der Waals surface area (Å²) in [6.45, 7) is 3.99. The molecule has 9 heteroatoms. The normalized spacial score (nSPS) is 15.3. The Bertz CT molecular complexity index is 1110. The number of nitrogens with zero attached hydrogens (tertiary/aromatic N) is 4. The van der Waals surface area contributed by atoms with Gasteiger partial charge in [0.15, 0.2) is 0 Å². The highest BCUT2D eigenvalue weighted by Crippen LogP contribution is 2.40. The van der Waals surface area contributed by atoms with E-state index in [4.69, 9.17) is 9.84 Å². The van der Waals surface area contributed by atoms with Crippen LogP contribution >= 0.6 is 11.8 Å². The number of hydrogen-bond donors (Lipinski definition) is 2. The van der Waals surface area contributed by atoms with E-state index in [0.29, 0.717) is 33.8 Å². The van der Waals surface area contributed by atoms with Crippen molar-refractivity contribution in [1.29, 1.82) is 0 Å². The van der Waals surface area contributed by atoms with Crippen molar-refractivity contribution in [3.63, 3.8) is 0 Å². The van der Waals surface area contributed by atoms with Crippen LogP contribution in [0.4, 0.5) is 11.6 Å². The predicted octanol–water partition coefficient (Wildman–Crippen LogP) is 4.11. The molecule has 2 aromatic heterocycles. The molecule has 0 bridgehead atoms. The topological polar surface area (TPSA) is 94.0 Å². The van der Waals surface area contributed by atoms with Crippen LogP contribution in [0.2, 0.25) is 0 Å². The Balaban J connectivity index is 1.80. The molecule has 0 fully saturated rings. The van der Waals surface area contributed by atoms with E-state index in [1.165, 1.54) is 0 Å². The molecule has 1 unspecified atom stereocenters. The van der Waals surface area contributed by atoms with Gasteiger partial charge in [0.05, 0.1) is 24.6 Å². The van der Waals surface area contributed by atoms with E-state index >= 15 is 0 Å². The Morgan fingerprint density at radius 1 is 1.29 bits per heavy atom. The molecule has 0 aliphatic carbocycles. The maximum Gasteiger partial charge on any atom is 0.255 e. The number of ether oxygens (including phenoxy) is 1. The Kier molecular flexibility index (Phi) is 6.22. The number of aromatic nitrogens is 4. The molecule has 1 aliphatic rings. The molecule has 4 rings (SSSR count). The van der Waals surface area contributed by atoms with Gasteiger partial charge in [-0.2, -0.15) is 4.98 Å². The second-order valence-electron chi connectivity index (χ2n) is 7.02. The molecule has 2 N–H and O–H groups in total. The maximum atomic E-state index is 13.4. The zero-order valence-corrected chi connectivity index (χ0v) is 18.4. The van der Waals surface area contributed by atoms with Crippen LogP contribution in [0, 0.1) is 0 Å². The highest BCUT2D eigenvalue weighted by atomic mass is 32.2. The predicted molar refractivity (Wildman–Crippen MR) is 121 cm³/mol. The molecule has 3 aromatic rings. The van der Waals surface area contributed by atoms with E-state index in [9.17, 15) is 4.79 Å². The first kappa shape index (κ1) is 20.9. The number of pyridine rings is 1.